The van der Waals surface area contributed by atoms with Crippen molar-refractivity contribution in [3.05, 3.63) is 47.4 Å². The van der Waals surface area contributed by atoms with Crippen LogP contribution in [0.2, 0.25) is 0 Å². The second-order valence-electron chi connectivity index (χ2n) is 17.6. The Hall–Kier alpha value is -2.47. The van der Waals surface area contributed by atoms with Crippen molar-refractivity contribution in [1.29, 1.82) is 0 Å². The number of rotatable bonds is 4. The number of allylic oxidation sites excluding steroid dienone is 2. The van der Waals surface area contributed by atoms with Gasteiger partial charge in [-0.1, -0.05) is 78.3 Å². The SMILES string of the molecule is Cc1ccccc1-c1nnc(COC(=O)[C@]23CC[C@@H](C)[C@H](C)[C@H]2C2=CC[C@@H]4[C@@]5(C)CC[C@H](O)C(C)(C)[C@@H]5CC[C@@]4(C)[C@]2(C)CC3)o1. The van der Waals surface area contributed by atoms with Crippen LogP contribution in [0.4, 0.5) is 0 Å². The number of carbonyl (C=O) groups is 1. The molecule has 5 aliphatic carbocycles. The second kappa shape index (κ2) is 10.8. The van der Waals surface area contributed by atoms with Gasteiger partial charge in [0.15, 0.2) is 6.61 Å². The molecular weight excluding hydrogens is 572 g/mol. The minimum atomic E-state index is -0.516. The molecule has 46 heavy (non-hydrogen) atoms. The third-order valence-electron chi connectivity index (χ3n) is 15.5. The lowest BCUT2D eigenvalue weighted by molar-refractivity contribution is -0.207. The Morgan fingerprint density at radius 1 is 0.957 bits per heavy atom. The first kappa shape index (κ1) is 32.1. The molecule has 0 radical (unpaired) electrons. The topological polar surface area (TPSA) is 85.5 Å². The lowest BCUT2D eigenvalue weighted by Crippen LogP contribution is -2.65. The number of hydrogen-bond donors (Lipinski definition) is 1. The number of nitrogens with zero attached hydrogens (tertiary/aromatic N) is 2. The summed E-state index contributed by atoms with van der Waals surface area (Å²) in [5, 5.41) is 19.6. The Balaban J connectivity index is 1.19. The molecule has 2 aromatic rings. The standard InChI is InChI=1S/C40H56N2O4/c1-24-15-20-40(35(44)45-23-32-41-42-34(46-32)27-12-10-9-11-25(27)2)22-21-38(7)28(33(40)26(24)3)13-14-30-37(6)18-17-31(43)36(4,5)29(37)16-19-39(30,38)8/h9-13,24,26,29-31,33,43H,14-23H2,1-8H3/t24-,26+,29+,30-,31+,33+,37+,38-,39-,40+/m1/s1. The van der Waals surface area contributed by atoms with Crippen LogP contribution in [0.15, 0.2) is 40.3 Å². The van der Waals surface area contributed by atoms with Gasteiger partial charge in [-0.05, 0) is 128 Å². The number of aliphatic hydroxyl groups is 1. The van der Waals surface area contributed by atoms with Gasteiger partial charge in [0.25, 0.3) is 5.89 Å². The summed E-state index contributed by atoms with van der Waals surface area (Å²) in [5.74, 6) is 2.97. The van der Waals surface area contributed by atoms with Crippen LogP contribution in [0.25, 0.3) is 11.5 Å². The molecule has 6 heteroatoms. The van der Waals surface area contributed by atoms with E-state index in [1.54, 1.807) is 5.57 Å². The van der Waals surface area contributed by atoms with Crippen LogP contribution in [-0.4, -0.2) is 27.4 Å². The van der Waals surface area contributed by atoms with Crippen LogP contribution in [-0.2, 0) is 16.1 Å². The van der Waals surface area contributed by atoms with Gasteiger partial charge in [0.1, 0.15) is 0 Å². The third-order valence-corrected chi connectivity index (χ3v) is 15.5. The van der Waals surface area contributed by atoms with E-state index in [1.165, 1.54) is 12.8 Å². The van der Waals surface area contributed by atoms with E-state index < -0.39 is 5.41 Å². The number of carbonyl (C=O) groups excluding carboxylic acids is 1. The average molecular weight is 629 g/mol. The fourth-order valence-electron chi connectivity index (χ4n) is 12.3. The van der Waals surface area contributed by atoms with Gasteiger partial charge in [-0.3, -0.25) is 4.79 Å². The molecule has 5 aliphatic rings. The fourth-order valence-corrected chi connectivity index (χ4v) is 12.3. The predicted molar refractivity (Wildman–Crippen MR) is 179 cm³/mol. The first-order chi connectivity index (χ1) is 21.7. The number of fused-ring (bicyclic) bond motifs is 7. The first-order valence-electron chi connectivity index (χ1n) is 18.1. The highest BCUT2D eigenvalue weighted by molar-refractivity contribution is 5.79. The van der Waals surface area contributed by atoms with Crippen molar-refractivity contribution in [2.75, 3.05) is 0 Å². The van der Waals surface area contributed by atoms with Crippen molar-refractivity contribution in [3.8, 4) is 11.5 Å². The number of ether oxygens (including phenoxy) is 1. The molecule has 1 heterocycles. The molecule has 0 bridgehead atoms. The summed E-state index contributed by atoms with van der Waals surface area (Å²) in [5.41, 5.74) is 3.35. The number of hydrogen-bond acceptors (Lipinski definition) is 6. The molecule has 7 rings (SSSR count). The zero-order valence-corrected chi connectivity index (χ0v) is 29.5. The molecule has 4 fully saturated rings. The van der Waals surface area contributed by atoms with E-state index >= 15 is 0 Å². The summed E-state index contributed by atoms with van der Waals surface area (Å²) in [7, 11) is 0. The van der Waals surface area contributed by atoms with E-state index in [4.69, 9.17) is 9.15 Å². The molecule has 1 aromatic carbocycles. The Morgan fingerprint density at radius 2 is 1.72 bits per heavy atom. The highest BCUT2D eigenvalue weighted by Crippen LogP contribution is 2.75. The fraction of sp³-hybridized carbons (Fsp3) is 0.725. The Kier molecular flexibility index (Phi) is 7.51. The first-order valence-corrected chi connectivity index (χ1v) is 18.1. The van der Waals surface area contributed by atoms with Gasteiger partial charge in [0, 0.05) is 5.56 Å². The Bertz CT molecular complexity index is 1540. The van der Waals surface area contributed by atoms with Crippen molar-refractivity contribution in [1.82, 2.24) is 10.2 Å². The van der Waals surface area contributed by atoms with Gasteiger partial charge in [-0.2, -0.15) is 0 Å². The van der Waals surface area contributed by atoms with Gasteiger partial charge >= 0.3 is 5.97 Å². The zero-order chi connectivity index (χ0) is 32.9. The minimum absolute atomic E-state index is 0.00754. The van der Waals surface area contributed by atoms with E-state index in [0.717, 1.165) is 56.1 Å². The quantitative estimate of drug-likeness (QED) is 0.269. The summed E-state index contributed by atoms with van der Waals surface area (Å²) in [6, 6.07) is 7.95. The molecule has 6 nitrogen and oxygen atoms in total. The molecule has 250 valence electrons. The third kappa shape index (κ3) is 4.33. The minimum Gasteiger partial charge on any atom is -0.455 e. The monoisotopic (exact) mass is 628 g/mol. The number of aliphatic hydroxyl groups excluding tert-OH is 1. The molecule has 10 atom stereocenters. The Labute approximate surface area is 276 Å². The summed E-state index contributed by atoms with van der Waals surface area (Å²) >= 11 is 0. The number of esters is 1. The van der Waals surface area contributed by atoms with E-state index in [9.17, 15) is 9.90 Å². The van der Waals surface area contributed by atoms with Crippen LogP contribution >= 0.6 is 0 Å². The lowest BCUT2D eigenvalue weighted by atomic mass is 9.33. The van der Waals surface area contributed by atoms with Crippen LogP contribution in [0.1, 0.15) is 118 Å². The van der Waals surface area contributed by atoms with Crippen LogP contribution < -0.4 is 0 Å². The van der Waals surface area contributed by atoms with Gasteiger partial charge < -0.3 is 14.3 Å². The number of aromatic nitrogens is 2. The molecule has 1 aromatic heterocycles. The summed E-state index contributed by atoms with van der Waals surface area (Å²) in [6.45, 7) is 19.2. The zero-order valence-electron chi connectivity index (χ0n) is 29.5. The van der Waals surface area contributed by atoms with Crippen molar-refractivity contribution >= 4 is 5.97 Å². The molecule has 4 saturated carbocycles. The van der Waals surface area contributed by atoms with Gasteiger partial charge in [0.2, 0.25) is 5.89 Å². The van der Waals surface area contributed by atoms with E-state index in [-0.39, 0.29) is 46.3 Å². The van der Waals surface area contributed by atoms with Gasteiger partial charge in [-0.25, -0.2) is 0 Å². The van der Waals surface area contributed by atoms with Crippen molar-refractivity contribution < 1.29 is 19.1 Å². The van der Waals surface area contributed by atoms with E-state index in [2.05, 4.69) is 64.7 Å². The normalized spacial score (nSPS) is 42.9. The maximum atomic E-state index is 14.4. The molecule has 1 N–H and O–H groups in total. The highest BCUT2D eigenvalue weighted by Gasteiger charge is 2.69. The van der Waals surface area contributed by atoms with Gasteiger partial charge in [0.05, 0.1) is 11.5 Å². The van der Waals surface area contributed by atoms with E-state index in [0.29, 0.717) is 35.5 Å². The Morgan fingerprint density at radius 3 is 2.48 bits per heavy atom. The van der Waals surface area contributed by atoms with Crippen molar-refractivity contribution in [2.45, 2.75) is 126 Å². The van der Waals surface area contributed by atoms with Crippen molar-refractivity contribution in [3.63, 3.8) is 0 Å². The van der Waals surface area contributed by atoms with E-state index in [1.807, 2.05) is 31.2 Å². The number of aryl methyl sites for hydroxylation is 1. The lowest BCUT2D eigenvalue weighted by Gasteiger charge is -2.71. The smallest absolute Gasteiger partial charge is 0.313 e. The molecule has 0 amide bonds. The molecule has 0 saturated heterocycles. The van der Waals surface area contributed by atoms with Crippen LogP contribution in [0.3, 0.4) is 0 Å². The van der Waals surface area contributed by atoms with Crippen LogP contribution in [0.5, 0.6) is 0 Å². The summed E-state index contributed by atoms with van der Waals surface area (Å²) in [6.07, 6.45) is 11.7. The second-order valence-corrected chi connectivity index (χ2v) is 17.6. The van der Waals surface area contributed by atoms with Gasteiger partial charge in [-0.15, -0.1) is 10.2 Å². The number of benzene rings is 1. The molecule has 0 aliphatic heterocycles. The molecule has 0 spiro atoms. The predicted octanol–water partition coefficient (Wildman–Crippen LogP) is 9.11. The highest BCUT2D eigenvalue weighted by atomic mass is 16.5. The molecular formula is C40H56N2O4. The molecule has 0 unspecified atom stereocenters. The summed E-state index contributed by atoms with van der Waals surface area (Å²) in [4.78, 5) is 14.4. The average Bonchev–Trinajstić information content (AvgIpc) is 3.49. The largest absolute Gasteiger partial charge is 0.455 e. The van der Waals surface area contributed by atoms with Crippen LogP contribution in [0, 0.1) is 63.6 Å². The summed E-state index contributed by atoms with van der Waals surface area (Å²) < 4.78 is 12.2. The maximum Gasteiger partial charge on any atom is 0.313 e. The van der Waals surface area contributed by atoms with Crippen molar-refractivity contribution in [2.24, 2.45) is 56.7 Å². The maximum absolute atomic E-state index is 14.4.